The van der Waals surface area contributed by atoms with Crippen LogP contribution in [0.25, 0.3) is 22.3 Å². The third-order valence-corrected chi connectivity index (χ3v) is 5.64. The zero-order valence-electron chi connectivity index (χ0n) is 12.0. The lowest BCUT2D eigenvalue weighted by atomic mass is 9.99. The molecule has 2 aromatic carbocycles. The van der Waals surface area contributed by atoms with Gasteiger partial charge in [-0.2, -0.15) is 11.3 Å². The number of halogens is 1. The van der Waals surface area contributed by atoms with Crippen molar-refractivity contribution in [1.82, 2.24) is 0 Å². The summed E-state index contributed by atoms with van der Waals surface area (Å²) in [6, 6.07) is 9.18. The van der Waals surface area contributed by atoms with Crippen LogP contribution in [0.2, 0.25) is 0 Å². The van der Waals surface area contributed by atoms with E-state index in [-0.39, 0.29) is 4.90 Å². The third-order valence-electron chi connectivity index (χ3n) is 3.79. The first-order chi connectivity index (χ1) is 10.9. The molecule has 4 rings (SSSR count). The Morgan fingerprint density at radius 2 is 1.52 bits per heavy atom. The molecule has 0 radical (unpaired) electrons. The fourth-order valence-corrected chi connectivity index (χ4v) is 4.16. The van der Waals surface area contributed by atoms with Gasteiger partial charge in [-0.25, -0.2) is 12.8 Å². The van der Waals surface area contributed by atoms with Gasteiger partial charge in [0.1, 0.15) is 17.3 Å². The first-order valence-corrected chi connectivity index (χ1v) is 9.65. The van der Waals surface area contributed by atoms with Gasteiger partial charge in [0.2, 0.25) is 0 Å². The molecule has 0 saturated carbocycles. The van der Waals surface area contributed by atoms with Gasteiger partial charge in [-0.1, -0.05) is 0 Å². The Balaban J connectivity index is 2.03. The van der Waals surface area contributed by atoms with Crippen LogP contribution in [0.3, 0.4) is 0 Å². The molecule has 23 heavy (non-hydrogen) atoms. The van der Waals surface area contributed by atoms with Gasteiger partial charge < -0.3 is 4.74 Å². The molecule has 0 N–H and O–H groups in total. The molecule has 116 valence electrons. The lowest BCUT2D eigenvalue weighted by Crippen LogP contribution is -1.98. The summed E-state index contributed by atoms with van der Waals surface area (Å²) in [5.41, 5.74) is 3.50. The molecule has 6 heteroatoms. The van der Waals surface area contributed by atoms with E-state index < -0.39 is 15.7 Å². The number of hydrogen-bond acceptors (Lipinski definition) is 4. The molecule has 1 aromatic heterocycles. The van der Waals surface area contributed by atoms with Gasteiger partial charge in [0, 0.05) is 40.6 Å². The first-order valence-electron chi connectivity index (χ1n) is 6.82. The summed E-state index contributed by atoms with van der Waals surface area (Å²) in [6.45, 7) is 0. The van der Waals surface area contributed by atoms with Gasteiger partial charge in [-0.3, -0.25) is 0 Å². The van der Waals surface area contributed by atoms with E-state index in [2.05, 4.69) is 0 Å². The highest BCUT2D eigenvalue weighted by Crippen LogP contribution is 2.48. The van der Waals surface area contributed by atoms with Crippen LogP contribution in [0.5, 0.6) is 11.5 Å². The summed E-state index contributed by atoms with van der Waals surface area (Å²) in [7, 11) is -3.35. The first kappa shape index (κ1) is 14.4. The van der Waals surface area contributed by atoms with Gasteiger partial charge in [0.05, 0.1) is 4.90 Å². The maximum atomic E-state index is 13.6. The second-order valence-corrected chi connectivity index (χ2v) is 8.13. The average Bonchev–Trinajstić information content (AvgIpc) is 2.91. The molecule has 0 bridgehead atoms. The molecule has 0 spiro atoms. The summed E-state index contributed by atoms with van der Waals surface area (Å²) in [4.78, 5) is 0.174. The third kappa shape index (κ3) is 2.34. The molecule has 0 amide bonds. The Hall–Kier alpha value is -2.18. The number of fused-ring (bicyclic) bond motifs is 5. The van der Waals surface area contributed by atoms with Gasteiger partial charge in [-0.05, 0) is 35.0 Å². The number of rotatable bonds is 1. The van der Waals surface area contributed by atoms with Gasteiger partial charge in [-0.15, -0.1) is 0 Å². The fourth-order valence-electron chi connectivity index (χ4n) is 2.68. The van der Waals surface area contributed by atoms with E-state index in [1.54, 1.807) is 18.2 Å². The molecule has 0 atom stereocenters. The summed E-state index contributed by atoms with van der Waals surface area (Å²) in [6.07, 6.45) is 1.15. The van der Waals surface area contributed by atoms with Crippen molar-refractivity contribution >= 4 is 21.2 Å². The Kier molecular flexibility index (Phi) is 3.08. The van der Waals surface area contributed by atoms with E-state index in [1.165, 1.54) is 29.5 Å². The van der Waals surface area contributed by atoms with E-state index in [9.17, 15) is 12.8 Å². The van der Waals surface area contributed by atoms with E-state index in [0.29, 0.717) is 11.5 Å². The maximum absolute atomic E-state index is 13.6. The second-order valence-electron chi connectivity index (χ2n) is 5.37. The largest absolute Gasteiger partial charge is 0.456 e. The number of ether oxygens (including phenoxy) is 1. The minimum Gasteiger partial charge on any atom is -0.456 e. The monoisotopic (exact) mass is 346 g/mol. The maximum Gasteiger partial charge on any atom is 0.175 e. The molecule has 3 aromatic rings. The van der Waals surface area contributed by atoms with Crippen LogP contribution in [-0.4, -0.2) is 14.7 Å². The number of hydrogen-bond donors (Lipinski definition) is 0. The van der Waals surface area contributed by atoms with E-state index >= 15 is 0 Å². The van der Waals surface area contributed by atoms with Crippen molar-refractivity contribution in [2.45, 2.75) is 4.90 Å². The lowest BCUT2D eigenvalue weighted by molar-refractivity contribution is 0.480. The molecule has 0 fully saturated rings. The standard InChI is InChI=1S/C17H11FO3S2/c1-23(19,20)11-3-5-13-15-9-22-8-14(15)12-4-2-10(18)6-16(12)21-17(13)7-11/h2-9H,1H3. The molecule has 0 unspecified atom stereocenters. The number of thiophene rings is 1. The fraction of sp³-hybridized carbons (Fsp3) is 0.0588. The highest BCUT2D eigenvalue weighted by molar-refractivity contribution is 7.90. The molecule has 1 aliphatic rings. The van der Waals surface area contributed by atoms with Crippen LogP contribution in [0.4, 0.5) is 4.39 Å². The van der Waals surface area contributed by atoms with Crippen molar-refractivity contribution in [3.05, 3.63) is 53.0 Å². The molecular weight excluding hydrogens is 335 g/mol. The quantitative estimate of drug-likeness (QED) is 0.500. The topological polar surface area (TPSA) is 43.4 Å². The van der Waals surface area contributed by atoms with Crippen molar-refractivity contribution in [3.63, 3.8) is 0 Å². The molecule has 1 aliphatic heterocycles. The van der Waals surface area contributed by atoms with Gasteiger partial charge in [0.25, 0.3) is 0 Å². The summed E-state index contributed by atoms with van der Waals surface area (Å²) >= 11 is 1.54. The summed E-state index contributed by atoms with van der Waals surface area (Å²) in [5, 5.41) is 3.96. The van der Waals surface area contributed by atoms with E-state index in [1.807, 2.05) is 10.8 Å². The lowest BCUT2D eigenvalue weighted by Gasteiger charge is -2.10. The Morgan fingerprint density at radius 3 is 2.17 bits per heavy atom. The molecule has 0 aliphatic carbocycles. The summed E-state index contributed by atoms with van der Waals surface area (Å²) in [5.74, 6) is 0.397. The van der Waals surface area contributed by atoms with Crippen molar-refractivity contribution in [3.8, 4) is 33.8 Å². The SMILES string of the molecule is CS(=O)(=O)c1ccc2c(c1)Oc1cc(F)ccc1-c1cscc1-2. The van der Waals surface area contributed by atoms with Crippen LogP contribution in [-0.2, 0) is 9.84 Å². The number of sulfone groups is 1. The van der Waals surface area contributed by atoms with Crippen LogP contribution in [0.1, 0.15) is 0 Å². The predicted molar refractivity (Wildman–Crippen MR) is 88.3 cm³/mol. The Labute approximate surface area is 136 Å². The van der Waals surface area contributed by atoms with Gasteiger partial charge >= 0.3 is 0 Å². The zero-order chi connectivity index (χ0) is 16.2. The Bertz CT molecular complexity index is 1040. The van der Waals surface area contributed by atoms with Crippen LogP contribution in [0, 0.1) is 5.82 Å². The minimum atomic E-state index is -3.35. The smallest absolute Gasteiger partial charge is 0.175 e. The van der Waals surface area contributed by atoms with Crippen molar-refractivity contribution in [2.24, 2.45) is 0 Å². The Morgan fingerprint density at radius 1 is 0.913 bits per heavy atom. The number of benzene rings is 2. The van der Waals surface area contributed by atoms with Crippen LogP contribution in [0.15, 0.2) is 52.1 Å². The highest BCUT2D eigenvalue weighted by atomic mass is 32.2. The van der Waals surface area contributed by atoms with Crippen LogP contribution >= 0.6 is 11.3 Å². The van der Waals surface area contributed by atoms with E-state index in [4.69, 9.17) is 4.74 Å². The van der Waals surface area contributed by atoms with Crippen molar-refractivity contribution in [2.75, 3.05) is 6.26 Å². The second kappa shape index (κ2) is 4.91. The molecule has 3 nitrogen and oxygen atoms in total. The molecule has 0 saturated heterocycles. The average molecular weight is 346 g/mol. The molecular formula is C17H11FO3S2. The van der Waals surface area contributed by atoms with Gasteiger partial charge in [0.15, 0.2) is 9.84 Å². The molecule has 2 heterocycles. The van der Waals surface area contributed by atoms with Crippen molar-refractivity contribution in [1.29, 1.82) is 0 Å². The van der Waals surface area contributed by atoms with Crippen LogP contribution < -0.4 is 4.74 Å². The predicted octanol–water partition coefficient (Wildman–Crippen LogP) is 4.73. The highest BCUT2D eigenvalue weighted by Gasteiger charge is 2.23. The van der Waals surface area contributed by atoms with E-state index in [0.717, 1.165) is 28.5 Å². The zero-order valence-corrected chi connectivity index (χ0v) is 13.7. The normalized spacial score (nSPS) is 12.6. The minimum absolute atomic E-state index is 0.174. The summed E-state index contributed by atoms with van der Waals surface area (Å²) < 4.78 is 43.0. The van der Waals surface area contributed by atoms with Crippen molar-refractivity contribution < 1.29 is 17.5 Å².